The van der Waals surface area contributed by atoms with Crippen LogP contribution in [0.5, 0.6) is 0 Å². The molecule has 0 unspecified atom stereocenters. The van der Waals surface area contributed by atoms with E-state index in [4.69, 9.17) is 4.74 Å². The molecule has 0 spiro atoms. The number of aromatic nitrogens is 2. The zero-order valence-corrected chi connectivity index (χ0v) is 11.3. The minimum atomic E-state index is 0.713. The maximum Gasteiger partial charge on any atom is 0.202 e. The van der Waals surface area contributed by atoms with Crippen molar-refractivity contribution in [1.29, 1.82) is 0 Å². The third-order valence-corrected chi connectivity index (χ3v) is 2.56. The Kier molecular flexibility index (Phi) is 6.70. The van der Waals surface area contributed by atoms with E-state index in [1.165, 1.54) is 0 Å². The SMILES string of the molecule is CCCNc1nccn1CCOCCC(C)C. The summed E-state index contributed by atoms with van der Waals surface area (Å²) in [7, 11) is 0. The molecule has 1 rings (SSSR count). The summed E-state index contributed by atoms with van der Waals surface area (Å²) in [5.41, 5.74) is 0. The average Bonchev–Trinajstić information content (AvgIpc) is 2.73. The Morgan fingerprint density at radius 1 is 1.41 bits per heavy atom. The summed E-state index contributed by atoms with van der Waals surface area (Å²) in [5.74, 6) is 1.66. The number of anilines is 1. The Labute approximate surface area is 104 Å². The lowest BCUT2D eigenvalue weighted by Crippen LogP contribution is -2.12. The summed E-state index contributed by atoms with van der Waals surface area (Å²) in [6.07, 6.45) is 6.05. The van der Waals surface area contributed by atoms with Gasteiger partial charge in [-0.05, 0) is 18.8 Å². The van der Waals surface area contributed by atoms with Crippen LogP contribution in [0.4, 0.5) is 5.95 Å². The van der Waals surface area contributed by atoms with Crippen LogP contribution in [0, 0.1) is 5.92 Å². The lowest BCUT2D eigenvalue weighted by atomic mass is 10.1. The van der Waals surface area contributed by atoms with Crippen molar-refractivity contribution >= 4 is 5.95 Å². The van der Waals surface area contributed by atoms with Gasteiger partial charge in [0.05, 0.1) is 6.61 Å². The molecular formula is C13H25N3O. The molecule has 0 aliphatic rings. The number of ether oxygens (including phenoxy) is 1. The molecule has 0 amide bonds. The zero-order valence-electron chi connectivity index (χ0n) is 11.3. The second kappa shape index (κ2) is 8.12. The smallest absolute Gasteiger partial charge is 0.202 e. The number of hydrogen-bond donors (Lipinski definition) is 1. The summed E-state index contributed by atoms with van der Waals surface area (Å²) in [4.78, 5) is 4.28. The number of imidazole rings is 1. The summed E-state index contributed by atoms with van der Waals surface area (Å²) >= 11 is 0. The van der Waals surface area contributed by atoms with Crippen molar-refractivity contribution in [2.75, 3.05) is 25.1 Å². The van der Waals surface area contributed by atoms with E-state index >= 15 is 0 Å². The van der Waals surface area contributed by atoms with Crippen LogP contribution in [0.15, 0.2) is 12.4 Å². The van der Waals surface area contributed by atoms with E-state index in [2.05, 4.69) is 35.6 Å². The molecule has 0 aliphatic heterocycles. The fraction of sp³-hybridized carbons (Fsp3) is 0.769. The van der Waals surface area contributed by atoms with Crippen LogP contribution < -0.4 is 5.32 Å². The van der Waals surface area contributed by atoms with Gasteiger partial charge in [-0.1, -0.05) is 20.8 Å². The summed E-state index contributed by atoms with van der Waals surface area (Å²) < 4.78 is 7.70. The molecular weight excluding hydrogens is 214 g/mol. The van der Waals surface area contributed by atoms with Gasteiger partial charge in [-0.2, -0.15) is 0 Å². The van der Waals surface area contributed by atoms with Crippen molar-refractivity contribution in [3.63, 3.8) is 0 Å². The van der Waals surface area contributed by atoms with Crippen LogP contribution in [0.1, 0.15) is 33.6 Å². The molecule has 0 atom stereocenters. The maximum atomic E-state index is 5.60. The van der Waals surface area contributed by atoms with Gasteiger partial charge in [0.2, 0.25) is 5.95 Å². The highest BCUT2D eigenvalue weighted by molar-refractivity contribution is 5.25. The number of nitrogens with one attached hydrogen (secondary N) is 1. The molecule has 98 valence electrons. The van der Waals surface area contributed by atoms with Crippen LogP contribution in [0.2, 0.25) is 0 Å². The standard InChI is InChI=1S/C13H25N3O/c1-4-6-14-13-15-7-8-16(13)9-11-17-10-5-12(2)3/h7-8,12H,4-6,9-11H2,1-3H3,(H,14,15). The molecule has 1 heterocycles. The second-order valence-electron chi connectivity index (χ2n) is 4.67. The molecule has 0 saturated carbocycles. The van der Waals surface area contributed by atoms with Gasteiger partial charge in [0.1, 0.15) is 0 Å². The predicted octanol–water partition coefficient (Wildman–Crippen LogP) is 2.77. The van der Waals surface area contributed by atoms with Crippen LogP contribution in [-0.4, -0.2) is 29.3 Å². The van der Waals surface area contributed by atoms with Crippen molar-refractivity contribution < 1.29 is 4.74 Å². The first-order valence-corrected chi connectivity index (χ1v) is 6.56. The highest BCUT2D eigenvalue weighted by Crippen LogP contribution is 2.04. The lowest BCUT2D eigenvalue weighted by molar-refractivity contribution is 0.116. The van der Waals surface area contributed by atoms with Gasteiger partial charge in [0.15, 0.2) is 0 Å². The number of hydrogen-bond acceptors (Lipinski definition) is 3. The lowest BCUT2D eigenvalue weighted by Gasteiger charge is -2.10. The summed E-state index contributed by atoms with van der Waals surface area (Å²) in [6.45, 7) is 10.0. The third kappa shape index (κ3) is 5.73. The van der Waals surface area contributed by atoms with E-state index < -0.39 is 0 Å². The number of nitrogens with zero attached hydrogens (tertiary/aromatic N) is 2. The first-order valence-electron chi connectivity index (χ1n) is 6.56. The van der Waals surface area contributed by atoms with Gasteiger partial charge in [-0.25, -0.2) is 4.98 Å². The van der Waals surface area contributed by atoms with Crippen molar-refractivity contribution in [1.82, 2.24) is 9.55 Å². The third-order valence-electron chi connectivity index (χ3n) is 2.56. The van der Waals surface area contributed by atoms with E-state index in [9.17, 15) is 0 Å². The van der Waals surface area contributed by atoms with Crippen LogP contribution in [0.3, 0.4) is 0 Å². The van der Waals surface area contributed by atoms with E-state index in [0.717, 1.165) is 45.1 Å². The fourth-order valence-corrected chi connectivity index (χ4v) is 1.48. The topological polar surface area (TPSA) is 39.1 Å². The monoisotopic (exact) mass is 239 g/mol. The molecule has 0 aromatic carbocycles. The Morgan fingerprint density at radius 3 is 2.94 bits per heavy atom. The van der Waals surface area contributed by atoms with Gasteiger partial charge >= 0.3 is 0 Å². The summed E-state index contributed by atoms with van der Waals surface area (Å²) in [6, 6.07) is 0. The zero-order chi connectivity index (χ0) is 12.5. The number of rotatable bonds is 9. The van der Waals surface area contributed by atoms with Crippen molar-refractivity contribution in [2.24, 2.45) is 5.92 Å². The highest BCUT2D eigenvalue weighted by atomic mass is 16.5. The van der Waals surface area contributed by atoms with Gasteiger partial charge < -0.3 is 14.6 Å². The summed E-state index contributed by atoms with van der Waals surface area (Å²) in [5, 5.41) is 3.30. The molecule has 4 nitrogen and oxygen atoms in total. The van der Waals surface area contributed by atoms with Gasteiger partial charge in [-0.3, -0.25) is 0 Å². The van der Waals surface area contributed by atoms with Gasteiger partial charge in [-0.15, -0.1) is 0 Å². The van der Waals surface area contributed by atoms with Crippen LogP contribution >= 0.6 is 0 Å². The second-order valence-corrected chi connectivity index (χ2v) is 4.67. The molecule has 0 aliphatic carbocycles. The molecule has 0 saturated heterocycles. The normalized spacial score (nSPS) is 11.1. The van der Waals surface area contributed by atoms with Gasteiger partial charge in [0.25, 0.3) is 0 Å². The maximum absolute atomic E-state index is 5.60. The minimum Gasteiger partial charge on any atom is -0.380 e. The molecule has 1 N–H and O–H groups in total. The molecule has 17 heavy (non-hydrogen) atoms. The highest BCUT2D eigenvalue weighted by Gasteiger charge is 2.01. The van der Waals surface area contributed by atoms with E-state index in [-0.39, 0.29) is 0 Å². The van der Waals surface area contributed by atoms with E-state index in [1.54, 1.807) is 0 Å². The Bertz CT molecular complexity index is 297. The molecule has 1 aromatic heterocycles. The van der Waals surface area contributed by atoms with Crippen molar-refractivity contribution in [3.8, 4) is 0 Å². The average molecular weight is 239 g/mol. The molecule has 4 heteroatoms. The largest absolute Gasteiger partial charge is 0.380 e. The fourth-order valence-electron chi connectivity index (χ4n) is 1.48. The van der Waals surface area contributed by atoms with Crippen LogP contribution in [0.25, 0.3) is 0 Å². The first kappa shape index (κ1) is 14.0. The molecule has 0 bridgehead atoms. The molecule has 0 radical (unpaired) electrons. The Balaban J connectivity index is 2.19. The van der Waals surface area contributed by atoms with E-state index in [1.807, 2.05) is 12.4 Å². The van der Waals surface area contributed by atoms with E-state index in [0.29, 0.717) is 5.92 Å². The minimum absolute atomic E-state index is 0.713. The van der Waals surface area contributed by atoms with Gasteiger partial charge in [0, 0.05) is 32.1 Å². The Morgan fingerprint density at radius 2 is 2.24 bits per heavy atom. The Hall–Kier alpha value is -1.03. The quantitative estimate of drug-likeness (QED) is 0.673. The van der Waals surface area contributed by atoms with Crippen molar-refractivity contribution in [3.05, 3.63) is 12.4 Å². The molecule has 1 aromatic rings. The van der Waals surface area contributed by atoms with Crippen molar-refractivity contribution in [2.45, 2.75) is 40.2 Å². The molecule has 0 fully saturated rings. The first-order chi connectivity index (χ1) is 8.24. The predicted molar refractivity (Wildman–Crippen MR) is 71.3 cm³/mol. The van der Waals surface area contributed by atoms with Crippen LogP contribution in [-0.2, 0) is 11.3 Å².